The molecule has 2 N–H and O–H groups in total. The fraction of sp³-hybridized carbons (Fsp3) is 0.750. The van der Waals surface area contributed by atoms with Crippen molar-refractivity contribution in [1.82, 2.24) is 15.1 Å². The molecule has 1 heterocycles. The van der Waals surface area contributed by atoms with Crippen molar-refractivity contribution in [1.29, 1.82) is 0 Å². The quantitative estimate of drug-likeness (QED) is 0.771. The van der Waals surface area contributed by atoms with Crippen LogP contribution in [0.3, 0.4) is 0 Å². The Bertz CT molecular complexity index is 311. The molecule has 0 aliphatic heterocycles. The molecule has 0 aliphatic rings. The van der Waals surface area contributed by atoms with E-state index in [4.69, 9.17) is 0 Å². The van der Waals surface area contributed by atoms with E-state index in [0.717, 1.165) is 12.0 Å². The Morgan fingerprint density at radius 2 is 2.19 bits per heavy atom. The first-order valence-corrected chi connectivity index (χ1v) is 5.94. The van der Waals surface area contributed by atoms with Crippen molar-refractivity contribution in [2.45, 2.75) is 39.3 Å². The highest BCUT2D eigenvalue weighted by atomic mass is 16.3. The number of aromatic nitrogens is 2. The molecule has 1 rings (SSSR count). The van der Waals surface area contributed by atoms with E-state index in [9.17, 15) is 5.11 Å². The number of rotatable bonds is 6. The highest BCUT2D eigenvalue weighted by Crippen LogP contribution is 2.12. The van der Waals surface area contributed by atoms with E-state index in [2.05, 4.69) is 31.2 Å². The molecule has 0 saturated carbocycles. The van der Waals surface area contributed by atoms with Crippen molar-refractivity contribution in [2.24, 2.45) is 13.0 Å². The van der Waals surface area contributed by atoms with Gasteiger partial charge in [-0.2, -0.15) is 5.10 Å². The lowest BCUT2D eigenvalue weighted by Crippen LogP contribution is -2.34. The molecular weight excluding hydrogens is 202 g/mol. The largest absolute Gasteiger partial charge is 0.387 e. The molecule has 0 radical (unpaired) electrons. The van der Waals surface area contributed by atoms with Crippen LogP contribution in [-0.2, 0) is 7.05 Å². The summed E-state index contributed by atoms with van der Waals surface area (Å²) in [6, 6.07) is 0.427. The standard InChI is InChI=1S/C12H23N3O/c1-5-9(2)10(3)13-7-12(16)11-6-14-15(4)8-11/h6,8-10,12-13,16H,5,7H2,1-4H3. The van der Waals surface area contributed by atoms with Crippen LogP contribution >= 0.6 is 0 Å². The van der Waals surface area contributed by atoms with E-state index < -0.39 is 6.10 Å². The zero-order valence-corrected chi connectivity index (χ0v) is 10.6. The minimum absolute atomic E-state index is 0.427. The molecule has 0 fully saturated rings. The van der Waals surface area contributed by atoms with Gasteiger partial charge >= 0.3 is 0 Å². The van der Waals surface area contributed by atoms with Crippen molar-refractivity contribution in [3.63, 3.8) is 0 Å². The van der Waals surface area contributed by atoms with Gasteiger partial charge in [0, 0.05) is 31.4 Å². The Morgan fingerprint density at radius 3 is 2.69 bits per heavy atom. The summed E-state index contributed by atoms with van der Waals surface area (Å²) in [7, 11) is 1.85. The molecule has 0 saturated heterocycles. The third kappa shape index (κ3) is 3.61. The summed E-state index contributed by atoms with van der Waals surface area (Å²) in [6.45, 7) is 7.13. The number of aliphatic hydroxyl groups is 1. The Hall–Kier alpha value is -0.870. The summed E-state index contributed by atoms with van der Waals surface area (Å²) < 4.78 is 1.71. The van der Waals surface area contributed by atoms with Crippen molar-refractivity contribution < 1.29 is 5.11 Å². The van der Waals surface area contributed by atoms with Crippen LogP contribution in [0.25, 0.3) is 0 Å². The van der Waals surface area contributed by atoms with Gasteiger partial charge in [-0.25, -0.2) is 0 Å². The van der Waals surface area contributed by atoms with Gasteiger partial charge in [0.15, 0.2) is 0 Å². The molecule has 1 aromatic rings. The Kier molecular flexibility index (Phi) is 4.96. The van der Waals surface area contributed by atoms with Gasteiger partial charge < -0.3 is 10.4 Å². The van der Waals surface area contributed by atoms with Gasteiger partial charge in [0.05, 0.1) is 12.3 Å². The first kappa shape index (κ1) is 13.2. The fourth-order valence-corrected chi connectivity index (χ4v) is 1.58. The average molecular weight is 225 g/mol. The Balaban J connectivity index is 2.38. The zero-order chi connectivity index (χ0) is 12.1. The minimum atomic E-state index is -0.472. The molecule has 1 aromatic heterocycles. The monoisotopic (exact) mass is 225 g/mol. The van der Waals surface area contributed by atoms with Crippen LogP contribution in [0.15, 0.2) is 12.4 Å². The van der Waals surface area contributed by atoms with Crippen LogP contribution in [0.2, 0.25) is 0 Å². The first-order chi connectivity index (χ1) is 7.54. The number of aliphatic hydroxyl groups excluding tert-OH is 1. The number of nitrogens with zero attached hydrogens (tertiary/aromatic N) is 2. The minimum Gasteiger partial charge on any atom is -0.387 e. The summed E-state index contributed by atoms with van der Waals surface area (Å²) in [6.07, 6.45) is 4.23. The molecule has 0 aromatic carbocycles. The molecule has 0 bridgehead atoms. The fourth-order valence-electron chi connectivity index (χ4n) is 1.58. The van der Waals surface area contributed by atoms with Gasteiger partial charge in [0.2, 0.25) is 0 Å². The van der Waals surface area contributed by atoms with Crippen molar-refractivity contribution in [3.05, 3.63) is 18.0 Å². The van der Waals surface area contributed by atoms with E-state index in [1.807, 2.05) is 13.2 Å². The molecule has 0 spiro atoms. The van der Waals surface area contributed by atoms with E-state index in [-0.39, 0.29) is 0 Å². The highest BCUT2D eigenvalue weighted by Gasteiger charge is 2.13. The van der Waals surface area contributed by atoms with E-state index in [1.54, 1.807) is 10.9 Å². The molecular formula is C12H23N3O. The second kappa shape index (κ2) is 6.01. The second-order valence-electron chi connectivity index (χ2n) is 4.55. The zero-order valence-electron chi connectivity index (χ0n) is 10.6. The third-order valence-corrected chi connectivity index (χ3v) is 3.24. The van der Waals surface area contributed by atoms with Crippen LogP contribution in [0.5, 0.6) is 0 Å². The maximum absolute atomic E-state index is 9.92. The van der Waals surface area contributed by atoms with Crippen LogP contribution < -0.4 is 5.32 Å². The lowest BCUT2D eigenvalue weighted by molar-refractivity contribution is 0.166. The molecule has 4 heteroatoms. The molecule has 4 nitrogen and oxygen atoms in total. The van der Waals surface area contributed by atoms with Crippen LogP contribution in [0.4, 0.5) is 0 Å². The highest BCUT2D eigenvalue weighted by molar-refractivity contribution is 5.08. The molecule has 3 unspecified atom stereocenters. The molecule has 0 aliphatic carbocycles. The summed E-state index contributed by atoms with van der Waals surface area (Å²) in [5.74, 6) is 0.626. The normalized spacial score (nSPS) is 17.1. The molecule has 92 valence electrons. The topological polar surface area (TPSA) is 50.1 Å². The summed E-state index contributed by atoms with van der Waals surface area (Å²) in [5.41, 5.74) is 0.867. The maximum atomic E-state index is 9.92. The van der Waals surface area contributed by atoms with Gasteiger partial charge in [-0.15, -0.1) is 0 Å². The Labute approximate surface area is 97.7 Å². The van der Waals surface area contributed by atoms with Crippen molar-refractivity contribution in [2.75, 3.05) is 6.54 Å². The first-order valence-electron chi connectivity index (χ1n) is 5.94. The van der Waals surface area contributed by atoms with Gasteiger partial charge in [0.25, 0.3) is 0 Å². The van der Waals surface area contributed by atoms with E-state index in [0.29, 0.717) is 18.5 Å². The molecule has 3 atom stereocenters. The smallest absolute Gasteiger partial charge is 0.0944 e. The summed E-state index contributed by atoms with van der Waals surface area (Å²) >= 11 is 0. The molecule has 16 heavy (non-hydrogen) atoms. The number of nitrogens with one attached hydrogen (secondary N) is 1. The Morgan fingerprint density at radius 1 is 1.50 bits per heavy atom. The van der Waals surface area contributed by atoms with Crippen LogP contribution in [-0.4, -0.2) is 27.5 Å². The lowest BCUT2D eigenvalue weighted by atomic mass is 10.0. The summed E-state index contributed by atoms with van der Waals surface area (Å²) in [4.78, 5) is 0. The van der Waals surface area contributed by atoms with Gasteiger partial charge in [0.1, 0.15) is 0 Å². The van der Waals surface area contributed by atoms with Gasteiger partial charge in [-0.3, -0.25) is 4.68 Å². The number of aryl methyl sites for hydroxylation is 1. The van der Waals surface area contributed by atoms with Crippen LogP contribution in [0, 0.1) is 5.92 Å². The van der Waals surface area contributed by atoms with Crippen molar-refractivity contribution in [3.8, 4) is 0 Å². The average Bonchev–Trinajstić information content (AvgIpc) is 2.71. The van der Waals surface area contributed by atoms with Crippen molar-refractivity contribution >= 4 is 0 Å². The maximum Gasteiger partial charge on any atom is 0.0944 e. The van der Waals surface area contributed by atoms with Gasteiger partial charge in [-0.1, -0.05) is 20.3 Å². The van der Waals surface area contributed by atoms with Gasteiger partial charge in [-0.05, 0) is 12.8 Å². The second-order valence-corrected chi connectivity index (χ2v) is 4.55. The predicted molar refractivity (Wildman–Crippen MR) is 65.1 cm³/mol. The van der Waals surface area contributed by atoms with E-state index in [1.165, 1.54) is 0 Å². The third-order valence-electron chi connectivity index (χ3n) is 3.24. The molecule has 0 amide bonds. The summed E-state index contributed by atoms with van der Waals surface area (Å²) in [5, 5.41) is 17.3. The van der Waals surface area contributed by atoms with E-state index >= 15 is 0 Å². The predicted octanol–water partition coefficient (Wildman–Crippen LogP) is 1.48. The number of hydrogen-bond acceptors (Lipinski definition) is 3. The lowest BCUT2D eigenvalue weighted by Gasteiger charge is -2.21. The SMILES string of the molecule is CCC(C)C(C)NCC(O)c1cnn(C)c1. The number of hydrogen-bond donors (Lipinski definition) is 2. The van der Waals surface area contributed by atoms with Crippen LogP contribution in [0.1, 0.15) is 38.9 Å².